The third-order valence-corrected chi connectivity index (χ3v) is 6.31. The molecule has 0 saturated heterocycles. The fourth-order valence-corrected chi connectivity index (χ4v) is 3.72. The van der Waals surface area contributed by atoms with Crippen molar-refractivity contribution in [3.63, 3.8) is 0 Å². The number of pyridine rings is 2. The third kappa shape index (κ3) is 5.85. The van der Waals surface area contributed by atoms with Crippen LogP contribution in [0, 0.1) is 5.92 Å². The summed E-state index contributed by atoms with van der Waals surface area (Å²) in [4.78, 5) is 22.1. The van der Waals surface area contributed by atoms with Crippen LogP contribution in [-0.4, -0.2) is 44.8 Å². The van der Waals surface area contributed by atoms with Crippen LogP contribution < -0.4 is 10.1 Å². The molecule has 3 aromatic rings. The normalized spacial score (nSPS) is 13.0. The SMILES string of the molecule is CCCCN(C(=O)O)C(C)(COc1ccc2c(Nc3ccc(Cl)nc3)nccc2c1)C(C)C. The van der Waals surface area contributed by atoms with Gasteiger partial charge in [0.05, 0.1) is 17.4 Å². The lowest BCUT2D eigenvalue weighted by atomic mass is 9.87. The Kier molecular flexibility index (Phi) is 7.97. The Morgan fingerprint density at radius 3 is 2.67 bits per heavy atom. The van der Waals surface area contributed by atoms with E-state index in [1.54, 1.807) is 18.5 Å². The molecule has 2 heterocycles. The number of nitrogens with one attached hydrogen (secondary N) is 1. The fourth-order valence-electron chi connectivity index (χ4n) is 3.60. The van der Waals surface area contributed by atoms with E-state index in [9.17, 15) is 9.90 Å². The average molecular weight is 471 g/mol. The molecule has 0 fully saturated rings. The van der Waals surface area contributed by atoms with Crippen LogP contribution in [0.1, 0.15) is 40.5 Å². The molecule has 0 aliphatic rings. The lowest BCUT2D eigenvalue weighted by Gasteiger charge is -2.42. The number of carbonyl (C=O) groups is 1. The molecule has 1 aromatic carbocycles. The highest BCUT2D eigenvalue weighted by Crippen LogP contribution is 2.30. The van der Waals surface area contributed by atoms with Gasteiger partial charge in [-0.1, -0.05) is 38.8 Å². The lowest BCUT2D eigenvalue weighted by molar-refractivity contribution is 0.0221. The standard InChI is InChI=1S/C25H31ClN4O3/c1-5-6-13-30(24(31)32)25(4,17(2)3)16-33-20-8-9-21-18(14-20)11-12-27-23(21)29-19-7-10-22(26)28-15-19/h7-12,14-15,17H,5-6,13,16H2,1-4H3,(H,27,29)(H,31,32). The Morgan fingerprint density at radius 1 is 1.24 bits per heavy atom. The number of aromatic nitrogens is 2. The maximum Gasteiger partial charge on any atom is 0.407 e. The predicted octanol–water partition coefficient (Wildman–Crippen LogP) is 6.60. The molecule has 0 aliphatic heterocycles. The number of amides is 1. The van der Waals surface area contributed by atoms with Gasteiger partial charge in [0.2, 0.25) is 0 Å². The molecule has 0 radical (unpaired) electrons. The van der Waals surface area contributed by atoms with Crippen LogP contribution in [0.2, 0.25) is 5.15 Å². The smallest absolute Gasteiger partial charge is 0.407 e. The Hall–Kier alpha value is -3.06. The van der Waals surface area contributed by atoms with Crippen molar-refractivity contribution >= 4 is 40.0 Å². The molecular formula is C25H31ClN4O3. The molecule has 2 aromatic heterocycles. The summed E-state index contributed by atoms with van der Waals surface area (Å²) in [7, 11) is 0. The number of unbranched alkanes of at least 4 members (excludes halogenated alkanes) is 1. The van der Waals surface area contributed by atoms with E-state index in [0.29, 0.717) is 23.3 Å². The predicted molar refractivity (Wildman–Crippen MR) is 133 cm³/mol. The van der Waals surface area contributed by atoms with Gasteiger partial charge < -0.3 is 15.2 Å². The van der Waals surface area contributed by atoms with E-state index in [0.717, 1.165) is 29.3 Å². The first-order chi connectivity index (χ1) is 15.7. The second kappa shape index (κ2) is 10.7. The van der Waals surface area contributed by atoms with Gasteiger partial charge in [-0.15, -0.1) is 0 Å². The highest BCUT2D eigenvalue weighted by Gasteiger charge is 2.39. The molecule has 1 unspecified atom stereocenters. The number of ether oxygens (including phenoxy) is 1. The first kappa shape index (κ1) is 24.6. The van der Waals surface area contributed by atoms with E-state index in [4.69, 9.17) is 16.3 Å². The van der Waals surface area contributed by atoms with Gasteiger partial charge in [0, 0.05) is 18.1 Å². The number of hydrogen-bond donors (Lipinski definition) is 2. The Morgan fingerprint density at radius 2 is 2.03 bits per heavy atom. The van der Waals surface area contributed by atoms with Gasteiger partial charge >= 0.3 is 6.09 Å². The number of halogens is 1. The molecule has 0 spiro atoms. The summed E-state index contributed by atoms with van der Waals surface area (Å²) in [5.41, 5.74) is 0.135. The minimum Gasteiger partial charge on any atom is -0.491 e. The molecule has 2 N–H and O–H groups in total. The summed E-state index contributed by atoms with van der Waals surface area (Å²) in [6.07, 6.45) is 4.21. The van der Waals surface area contributed by atoms with Gasteiger partial charge in [0.25, 0.3) is 0 Å². The van der Waals surface area contributed by atoms with Crippen molar-refractivity contribution in [2.45, 2.75) is 46.1 Å². The monoisotopic (exact) mass is 470 g/mol. The zero-order chi connectivity index (χ0) is 24.0. The van der Waals surface area contributed by atoms with Crippen molar-refractivity contribution in [2.24, 2.45) is 5.92 Å². The number of carboxylic acid groups (broad SMARTS) is 1. The van der Waals surface area contributed by atoms with E-state index in [2.05, 4.69) is 22.2 Å². The van der Waals surface area contributed by atoms with E-state index < -0.39 is 11.6 Å². The van der Waals surface area contributed by atoms with Crippen LogP contribution in [0.4, 0.5) is 16.3 Å². The molecular weight excluding hydrogens is 440 g/mol. The number of nitrogens with zero attached hydrogens (tertiary/aromatic N) is 3. The minimum absolute atomic E-state index is 0.0823. The van der Waals surface area contributed by atoms with E-state index >= 15 is 0 Å². The van der Waals surface area contributed by atoms with Crippen molar-refractivity contribution in [3.05, 3.63) is 53.9 Å². The number of anilines is 2. The number of hydrogen-bond acceptors (Lipinski definition) is 5. The van der Waals surface area contributed by atoms with Gasteiger partial charge in [-0.05, 0) is 61.0 Å². The van der Waals surface area contributed by atoms with Crippen molar-refractivity contribution in [2.75, 3.05) is 18.5 Å². The van der Waals surface area contributed by atoms with Crippen molar-refractivity contribution < 1.29 is 14.6 Å². The molecule has 0 bridgehead atoms. The van der Waals surface area contributed by atoms with Crippen LogP contribution in [0.25, 0.3) is 10.8 Å². The summed E-state index contributed by atoms with van der Waals surface area (Å²) >= 11 is 5.87. The Bertz CT molecular complexity index is 1090. The minimum atomic E-state index is -0.916. The number of fused-ring (bicyclic) bond motifs is 1. The van der Waals surface area contributed by atoms with Crippen molar-refractivity contribution in [3.8, 4) is 5.75 Å². The molecule has 0 saturated carbocycles. The zero-order valence-corrected chi connectivity index (χ0v) is 20.3. The average Bonchev–Trinajstić information content (AvgIpc) is 2.79. The van der Waals surface area contributed by atoms with Gasteiger partial charge in [0.15, 0.2) is 0 Å². The van der Waals surface area contributed by atoms with Crippen LogP contribution in [-0.2, 0) is 0 Å². The number of benzene rings is 1. The van der Waals surface area contributed by atoms with E-state index in [1.165, 1.54) is 4.90 Å². The molecule has 3 rings (SSSR count). The lowest BCUT2D eigenvalue weighted by Crippen LogP contribution is -2.56. The topological polar surface area (TPSA) is 87.6 Å². The number of rotatable bonds is 10. The summed E-state index contributed by atoms with van der Waals surface area (Å²) in [5, 5.41) is 15.4. The second-order valence-electron chi connectivity index (χ2n) is 8.63. The first-order valence-corrected chi connectivity index (χ1v) is 11.5. The highest BCUT2D eigenvalue weighted by molar-refractivity contribution is 6.29. The van der Waals surface area contributed by atoms with Crippen LogP contribution in [0.5, 0.6) is 5.75 Å². The van der Waals surface area contributed by atoms with Gasteiger partial charge in [-0.2, -0.15) is 0 Å². The molecule has 0 aliphatic carbocycles. The molecule has 8 heteroatoms. The Balaban J connectivity index is 1.81. The molecule has 176 valence electrons. The van der Waals surface area contributed by atoms with Crippen molar-refractivity contribution in [1.29, 1.82) is 0 Å². The highest BCUT2D eigenvalue weighted by atomic mass is 35.5. The maximum atomic E-state index is 12.0. The van der Waals surface area contributed by atoms with Gasteiger partial charge in [-0.25, -0.2) is 14.8 Å². The first-order valence-electron chi connectivity index (χ1n) is 11.2. The largest absolute Gasteiger partial charge is 0.491 e. The quantitative estimate of drug-likeness (QED) is 0.324. The Labute approximate surface area is 199 Å². The second-order valence-corrected chi connectivity index (χ2v) is 9.01. The van der Waals surface area contributed by atoms with E-state index in [1.807, 2.05) is 51.1 Å². The van der Waals surface area contributed by atoms with Crippen LogP contribution >= 0.6 is 11.6 Å². The molecule has 1 amide bonds. The third-order valence-electron chi connectivity index (χ3n) is 6.08. The summed E-state index contributed by atoms with van der Waals surface area (Å²) in [6, 6.07) is 11.2. The van der Waals surface area contributed by atoms with E-state index in [-0.39, 0.29) is 12.5 Å². The molecule has 33 heavy (non-hydrogen) atoms. The summed E-state index contributed by atoms with van der Waals surface area (Å²) < 4.78 is 6.15. The summed E-state index contributed by atoms with van der Waals surface area (Å²) in [5.74, 6) is 1.46. The van der Waals surface area contributed by atoms with Crippen LogP contribution in [0.15, 0.2) is 48.8 Å². The molecule has 1 atom stereocenters. The summed E-state index contributed by atoms with van der Waals surface area (Å²) in [6.45, 7) is 8.82. The van der Waals surface area contributed by atoms with Crippen LogP contribution in [0.3, 0.4) is 0 Å². The van der Waals surface area contributed by atoms with Crippen molar-refractivity contribution in [1.82, 2.24) is 14.9 Å². The molecule has 7 nitrogen and oxygen atoms in total. The fraction of sp³-hybridized carbons (Fsp3) is 0.400. The van der Waals surface area contributed by atoms with Gasteiger partial charge in [-0.3, -0.25) is 4.90 Å². The van der Waals surface area contributed by atoms with Gasteiger partial charge in [0.1, 0.15) is 23.3 Å². The maximum absolute atomic E-state index is 12.0. The zero-order valence-electron chi connectivity index (χ0n) is 19.5.